The molecule has 1 aliphatic carbocycles. The van der Waals surface area contributed by atoms with Gasteiger partial charge >= 0.3 is 0 Å². The SMILES string of the molecule is Cl.NCC1CCCCC1NC(=O)Cn1cnc2ccccc2c1=O. The van der Waals surface area contributed by atoms with Crippen molar-refractivity contribution in [2.24, 2.45) is 11.7 Å². The lowest BCUT2D eigenvalue weighted by atomic mass is 9.84. The van der Waals surface area contributed by atoms with Crippen molar-refractivity contribution in [1.29, 1.82) is 0 Å². The lowest BCUT2D eigenvalue weighted by Gasteiger charge is -2.31. The number of amides is 1. The van der Waals surface area contributed by atoms with Crippen LogP contribution in [0.25, 0.3) is 10.9 Å². The Morgan fingerprint density at radius 2 is 2.04 bits per heavy atom. The van der Waals surface area contributed by atoms with E-state index in [4.69, 9.17) is 5.73 Å². The molecular formula is C17H23ClN4O2. The number of carbonyl (C=O) groups excluding carboxylic acids is 1. The van der Waals surface area contributed by atoms with Crippen LogP contribution in [0.4, 0.5) is 0 Å². The molecule has 1 amide bonds. The normalized spacial score (nSPS) is 20.4. The van der Waals surface area contributed by atoms with Gasteiger partial charge in [-0.2, -0.15) is 0 Å². The van der Waals surface area contributed by atoms with Gasteiger partial charge in [0.25, 0.3) is 5.56 Å². The Kier molecular flexibility index (Phi) is 6.34. The number of para-hydroxylation sites is 1. The van der Waals surface area contributed by atoms with Crippen LogP contribution < -0.4 is 16.6 Å². The number of halogens is 1. The van der Waals surface area contributed by atoms with E-state index >= 15 is 0 Å². The Morgan fingerprint density at radius 3 is 2.83 bits per heavy atom. The molecule has 1 aromatic carbocycles. The molecule has 6 nitrogen and oxygen atoms in total. The van der Waals surface area contributed by atoms with E-state index in [0.29, 0.717) is 23.4 Å². The molecule has 7 heteroatoms. The van der Waals surface area contributed by atoms with Gasteiger partial charge in [0.05, 0.1) is 17.2 Å². The molecule has 0 aliphatic heterocycles. The zero-order valence-corrected chi connectivity index (χ0v) is 14.3. The van der Waals surface area contributed by atoms with E-state index in [1.807, 2.05) is 6.07 Å². The Labute approximate surface area is 146 Å². The summed E-state index contributed by atoms with van der Waals surface area (Å²) in [6.45, 7) is 0.576. The average molecular weight is 351 g/mol. The van der Waals surface area contributed by atoms with Crippen LogP contribution in [0, 0.1) is 5.92 Å². The highest BCUT2D eigenvalue weighted by atomic mass is 35.5. The summed E-state index contributed by atoms with van der Waals surface area (Å²) in [5.41, 5.74) is 6.24. The lowest BCUT2D eigenvalue weighted by Crippen LogP contribution is -2.46. The number of aromatic nitrogens is 2. The fourth-order valence-corrected chi connectivity index (χ4v) is 3.31. The first-order valence-corrected chi connectivity index (χ1v) is 8.12. The highest BCUT2D eigenvalue weighted by molar-refractivity contribution is 5.85. The molecule has 2 unspecified atom stereocenters. The van der Waals surface area contributed by atoms with Crippen molar-refractivity contribution in [2.45, 2.75) is 38.3 Å². The second-order valence-corrected chi connectivity index (χ2v) is 6.15. The quantitative estimate of drug-likeness (QED) is 0.873. The number of hydrogen-bond donors (Lipinski definition) is 2. The number of nitrogens with two attached hydrogens (primary N) is 1. The fraction of sp³-hybridized carbons (Fsp3) is 0.471. The molecular weight excluding hydrogens is 328 g/mol. The molecule has 1 aromatic heterocycles. The Hall–Kier alpha value is -1.92. The van der Waals surface area contributed by atoms with E-state index in [1.165, 1.54) is 17.3 Å². The Bertz CT molecular complexity index is 762. The lowest BCUT2D eigenvalue weighted by molar-refractivity contribution is -0.123. The smallest absolute Gasteiger partial charge is 0.261 e. The predicted octanol–water partition coefficient (Wildman–Crippen LogP) is 1.45. The zero-order valence-electron chi connectivity index (χ0n) is 13.5. The first kappa shape index (κ1) is 18.4. The van der Waals surface area contributed by atoms with E-state index in [9.17, 15) is 9.59 Å². The van der Waals surface area contributed by atoms with Gasteiger partial charge in [0, 0.05) is 6.04 Å². The van der Waals surface area contributed by atoms with E-state index < -0.39 is 0 Å². The third kappa shape index (κ3) is 3.94. The number of nitrogens with one attached hydrogen (secondary N) is 1. The van der Waals surface area contributed by atoms with Crippen molar-refractivity contribution in [2.75, 3.05) is 6.54 Å². The van der Waals surface area contributed by atoms with Crippen LogP contribution in [-0.4, -0.2) is 28.0 Å². The first-order chi connectivity index (χ1) is 11.2. The molecule has 1 saturated carbocycles. The zero-order chi connectivity index (χ0) is 16.2. The minimum atomic E-state index is -0.190. The van der Waals surface area contributed by atoms with Crippen molar-refractivity contribution in [3.63, 3.8) is 0 Å². The summed E-state index contributed by atoms with van der Waals surface area (Å²) in [6.07, 6.45) is 5.73. The van der Waals surface area contributed by atoms with Gasteiger partial charge in [0.1, 0.15) is 6.54 Å². The van der Waals surface area contributed by atoms with E-state index in [2.05, 4.69) is 10.3 Å². The van der Waals surface area contributed by atoms with Crippen molar-refractivity contribution >= 4 is 29.2 Å². The van der Waals surface area contributed by atoms with Gasteiger partial charge in [-0.25, -0.2) is 4.98 Å². The summed E-state index contributed by atoms with van der Waals surface area (Å²) in [5.74, 6) is 0.175. The average Bonchev–Trinajstić information content (AvgIpc) is 2.58. The number of fused-ring (bicyclic) bond motifs is 1. The second kappa shape index (κ2) is 8.26. The van der Waals surface area contributed by atoms with Gasteiger partial charge in [0.2, 0.25) is 5.91 Å². The van der Waals surface area contributed by atoms with Gasteiger partial charge in [-0.15, -0.1) is 12.4 Å². The van der Waals surface area contributed by atoms with Gasteiger partial charge in [-0.1, -0.05) is 25.0 Å². The summed E-state index contributed by atoms with van der Waals surface area (Å²) in [6, 6.07) is 7.26. The molecule has 3 rings (SSSR count). The van der Waals surface area contributed by atoms with Gasteiger partial charge in [-0.05, 0) is 37.4 Å². The molecule has 0 spiro atoms. The summed E-state index contributed by atoms with van der Waals surface area (Å²) in [7, 11) is 0. The van der Waals surface area contributed by atoms with Gasteiger partial charge in [0.15, 0.2) is 0 Å². The van der Waals surface area contributed by atoms with Crippen molar-refractivity contribution in [3.05, 3.63) is 40.9 Å². The highest BCUT2D eigenvalue weighted by Gasteiger charge is 2.25. The molecule has 0 radical (unpaired) electrons. The highest BCUT2D eigenvalue weighted by Crippen LogP contribution is 2.23. The van der Waals surface area contributed by atoms with Crippen LogP contribution in [0.2, 0.25) is 0 Å². The number of benzene rings is 1. The second-order valence-electron chi connectivity index (χ2n) is 6.15. The standard InChI is InChI=1S/C17H22N4O2.ClH/c18-9-12-5-1-3-7-14(12)20-16(22)10-21-11-19-15-8-4-2-6-13(15)17(21)23;/h2,4,6,8,11-12,14H,1,3,5,7,9-10,18H2,(H,20,22);1H. The molecule has 1 fully saturated rings. The number of hydrogen-bond acceptors (Lipinski definition) is 4. The monoisotopic (exact) mass is 350 g/mol. The molecule has 2 atom stereocenters. The van der Waals surface area contributed by atoms with E-state index in [1.54, 1.807) is 18.2 Å². The predicted molar refractivity (Wildman–Crippen MR) is 96.2 cm³/mol. The van der Waals surface area contributed by atoms with Crippen molar-refractivity contribution in [3.8, 4) is 0 Å². The minimum Gasteiger partial charge on any atom is -0.351 e. The molecule has 0 bridgehead atoms. The molecule has 3 N–H and O–H groups in total. The van der Waals surface area contributed by atoms with Crippen LogP contribution in [0.5, 0.6) is 0 Å². The van der Waals surface area contributed by atoms with E-state index in [0.717, 1.165) is 19.3 Å². The van der Waals surface area contributed by atoms with Gasteiger partial charge < -0.3 is 11.1 Å². The maximum absolute atomic E-state index is 12.4. The van der Waals surface area contributed by atoms with Crippen LogP contribution in [-0.2, 0) is 11.3 Å². The molecule has 1 aliphatic rings. The maximum Gasteiger partial charge on any atom is 0.261 e. The maximum atomic E-state index is 12.4. The molecule has 130 valence electrons. The fourth-order valence-electron chi connectivity index (χ4n) is 3.31. The van der Waals surface area contributed by atoms with Crippen LogP contribution in [0.1, 0.15) is 25.7 Å². The third-order valence-electron chi connectivity index (χ3n) is 4.60. The van der Waals surface area contributed by atoms with E-state index in [-0.39, 0.29) is 36.5 Å². The number of nitrogens with zero attached hydrogens (tertiary/aromatic N) is 2. The molecule has 24 heavy (non-hydrogen) atoms. The topological polar surface area (TPSA) is 90.0 Å². The first-order valence-electron chi connectivity index (χ1n) is 8.12. The minimum absolute atomic E-state index is 0. The van der Waals surface area contributed by atoms with Gasteiger partial charge in [-0.3, -0.25) is 14.2 Å². The van der Waals surface area contributed by atoms with Crippen LogP contribution >= 0.6 is 12.4 Å². The summed E-state index contributed by atoms with van der Waals surface area (Å²) in [5, 5.41) is 3.57. The van der Waals surface area contributed by atoms with Crippen LogP contribution in [0.3, 0.4) is 0 Å². The Morgan fingerprint density at radius 1 is 1.29 bits per heavy atom. The summed E-state index contributed by atoms with van der Waals surface area (Å²) < 4.78 is 1.36. The molecule has 0 saturated heterocycles. The van der Waals surface area contributed by atoms with Crippen molar-refractivity contribution < 1.29 is 4.79 Å². The largest absolute Gasteiger partial charge is 0.351 e. The number of carbonyl (C=O) groups is 1. The molecule has 1 heterocycles. The van der Waals surface area contributed by atoms with Crippen LogP contribution in [0.15, 0.2) is 35.4 Å². The molecule has 2 aromatic rings. The third-order valence-corrected chi connectivity index (χ3v) is 4.60. The Balaban J connectivity index is 0.00000208. The summed E-state index contributed by atoms with van der Waals surface area (Å²) >= 11 is 0. The summed E-state index contributed by atoms with van der Waals surface area (Å²) in [4.78, 5) is 28.9. The number of rotatable bonds is 4. The van der Waals surface area contributed by atoms with Crippen molar-refractivity contribution in [1.82, 2.24) is 14.9 Å².